The molecular formula is C25H40O3. The molecule has 1 heterocycles. The third-order valence-electron chi connectivity index (χ3n) is 8.31. The van der Waals surface area contributed by atoms with E-state index in [2.05, 4.69) is 40.7 Å². The number of esters is 1. The maximum Gasteiger partial charge on any atom is 0.333 e. The fourth-order valence-corrected chi connectivity index (χ4v) is 6.58. The Balaban J connectivity index is 1.87. The van der Waals surface area contributed by atoms with Gasteiger partial charge in [0.15, 0.2) is 0 Å². The Bertz CT molecular complexity index is 688. The molecule has 2 aliphatic carbocycles. The van der Waals surface area contributed by atoms with E-state index >= 15 is 0 Å². The van der Waals surface area contributed by atoms with Crippen molar-refractivity contribution in [1.29, 1.82) is 0 Å². The second-order valence-corrected chi connectivity index (χ2v) is 10.6. The Kier molecular flexibility index (Phi) is 5.64. The summed E-state index contributed by atoms with van der Waals surface area (Å²) in [4.78, 5) is 12.0. The highest BCUT2D eigenvalue weighted by Gasteiger charge is 2.64. The molecule has 0 aromatic heterocycles. The summed E-state index contributed by atoms with van der Waals surface area (Å²) in [5, 5.41) is 0. The number of carbonyl (C=O) groups excluding carboxylic acids is 1. The zero-order chi connectivity index (χ0) is 20.8. The molecule has 3 rings (SSSR count). The van der Waals surface area contributed by atoms with E-state index in [4.69, 9.17) is 9.47 Å². The quantitative estimate of drug-likeness (QED) is 0.318. The van der Waals surface area contributed by atoms with Crippen molar-refractivity contribution in [2.75, 3.05) is 6.61 Å². The first kappa shape index (κ1) is 21.6. The van der Waals surface area contributed by atoms with Crippen molar-refractivity contribution in [3.63, 3.8) is 0 Å². The summed E-state index contributed by atoms with van der Waals surface area (Å²) in [5.41, 5.74) is 2.28. The van der Waals surface area contributed by atoms with Crippen LogP contribution in [0.5, 0.6) is 0 Å². The Morgan fingerprint density at radius 1 is 1.21 bits per heavy atom. The van der Waals surface area contributed by atoms with Crippen LogP contribution in [0, 0.1) is 16.7 Å². The summed E-state index contributed by atoms with van der Waals surface area (Å²) in [6.45, 7) is 16.0. The number of hydrogen-bond donors (Lipinski definition) is 0. The molecule has 0 amide bonds. The number of allylic oxidation sites excluding steroid dienone is 1. The van der Waals surface area contributed by atoms with E-state index in [-0.39, 0.29) is 22.6 Å². The van der Waals surface area contributed by atoms with E-state index in [1.807, 2.05) is 19.9 Å². The standard InChI is InChI=1S/C25H40O3/c1-8-27-21(26)18(2)12-15-23(6)16-17-25(28-23)19(3)10-11-20-22(4,5)13-9-14-24(20,25)7/h10,12,20H,8-9,11,13-17H2,1-7H3/b18-12+/t20-,23+,24-,25+/m0/s1. The summed E-state index contributed by atoms with van der Waals surface area (Å²) >= 11 is 0. The number of hydrogen-bond acceptors (Lipinski definition) is 3. The van der Waals surface area contributed by atoms with E-state index < -0.39 is 0 Å². The summed E-state index contributed by atoms with van der Waals surface area (Å²) < 4.78 is 12.2. The van der Waals surface area contributed by atoms with Crippen LogP contribution in [0.25, 0.3) is 0 Å². The maximum atomic E-state index is 12.0. The maximum absolute atomic E-state index is 12.0. The molecule has 3 heteroatoms. The van der Waals surface area contributed by atoms with Crippen molar-refractivity contribution in [3.05, 3.63) is 23.3 Å². The SMILES string of the molecule is CCOC(=O)/C(C)=C/C[C@]1(C)CC[C@@]2(O1)C(C)=CC[C@H]1C(C)(C)CCC[C@@]12C. The van der Waals surface area contributed by atoms with Crippen LogP contribution in [0.1, 0.15) is 93.4 Å². The minimum atomic E-state index is -0.227. The zero-order valence-corrected chi connectivity index (χ0v) is 19.1. The molecule has 28 heavy (non-hydrogen) atoms. The largest absolute Gasteiger partial charge is 0.463 e. The molecule has 3 aliphatic rings. The van der Waals surface area contributed by atoms with Gasteiger partial charge in [-0.25, -0.2) is 4.79 Å². The second kappa shape index (κ2) is 7.31. The van der Waals surface area contributed by atoms with Gasteiger partial charge in [0.25, 0.3) is 0 Å². The molecule has 0 unspecified atom stereocenters. The van der Waals surface area contributed by atoms with Gasteiger partial charge < -0.3 is 9.47 Å². The number of fused-ring (bicyclic) bond motifs is 2. The Labute approximate surface area is 171 Å². The summed E-state index contributed by atoms with van der Waals surface area (Å²) in [6.07, 6.45) is 12.4. The van der Waals surface area contributed by atoms with Crippen molar-refractivity contribution >= 4 is 5.97 Å². The first-order valence-electron chi connectivity index (χ1n) is 11.2. The Hall–Kier alpha value is -1.09. The Morgan fingerprint density at radius 2 is 1.93 bits per heavy atom. The van der Waals surface area contributed by atoms with Crippen molar-refractivity contribution in [2.45, 2.75) is 105 Å². The van der Waals surface area contributed by atoms with Crippen LogP contribution in [0.3, 0.4) is 0 Å². The fraction of sp³-hybridized carbons (Fsp3) is 0.800. The lowest BCUT2D eigenvalue weighted by Gasteiger charge is -2.61. The van der Waals surface area contributed by atoms with E-state index in [0.717, 1.165) is 19.3 Å². The van der Waals surface area contributed by atoms with E-state index in [9.17, 15) is 4.79 Å². The van der Waals surface area contributed by atoms with E-state index in [1.165, 1.54) is 31.3 Å². The normalized spacial score (nSPS) is 40.2. The first-order valence-corrected chi connectivity index (χ1v) is 11.2. The van der Waals surface area contributed by atoms with Crippen LogP contribution in [0.2, 0.25) is 0 Å². The highest BCUT2D eigenvalue weighted by molar-refractivity contribution is 5.87. The van der Waals surface area contributed by atoms with Crippen LogP contribution in [-0.4, -0.2) is 23.8 Å². The van der Waals surface area contributed by atoms with E-state index in [0.29, 0.717) is 23.5 Å². The van der Waals surface area contributed by atoms with Crippen molar-refractivity contribution in [3.8, 4) is 0 Å². The number of ether oxygens (including phenoxy) is 2. The molecular weight excluding hydrogens is 348 g/mol. The number of rotatable bonds is 4. The summed E-state index contributed by atoms with van der Waals surface area (Å²) in [7, 11) is 0. The molecule has 1 saturated carbocycles. The lowest BCUT2D eigenvalue weighted by atomic mass is 9.46. The molecule has 0 bridgehead atoms. The third kappa shape index (κ3) is 3.38. The van der Waals surface area contributed by atoms with Crippen molar-refractivity contribution in [1.82, 2.24) is 0 Å². The average Bonchev–Trinajstić information content (AvgIpc) is 2.97. The molecule has 1 aliphatic heterocycles. The van der Waals surface area contributed by atoms with Gasteiger partial charge in [-0.3, -0.25) is 0 Å². The fourth-order valence-electron chi connectivity index (χ4n) is 6.58. The molecule has 1 saturated heterocycles. The van der Waals surface area contributed by atoms with Crippen molar-refractivity contribution < 1.29 is 14.3 Å². The summed E-state index contributed by atoms with van der Waals surface area (Å²) in [6, 6.07) is 0. The highest BCUT2D eigenvalue weighted by atomic mass is 16.5. The molecule has 0 aromatic carbocycles. The first-order chi connectivity index (χ1) is 13.0. The monoisotopic (exact) mass is 388 g/mol. The van der Waals surface area contributed by atoms with Crippen LogP contribution >= 0.6 is 0 Å². The minimum absolute atomic E-state index is 0.159. The van der Waals surface area contributed by atoms with Gasteiger partial charge in [0.2, 0.25) is 0 Å². The molecule has 0 radical (unpaired) electrons. The molecule has 1 spiro atoms. The van der Waals surface area contributed by atoms with Gasteiger partial charge in [0.05, 0.1) is 17.8 Å². The van der Waals surface area contributed by atoms with E-state index in [1.54, 1.807) is 0 Å². The number of carbonyl (C=O) groups is 1. The van der Waals surface area contributed by atoms with Crippen LogP contribution in [-0.2, 0) is 14.3 Å². The second-order valence-electron chi connectivity index (χ2n) is 10.6. The molecule has 158 valence electrons. The topological polar surface area (TPSA) is 35.5 Å². The smallest absolute Gasteiger partial charge is 0.333 e. The van der Waals surface area contributed by atoms with Crippen molar-refractivity contribution in [2.24, 2.45) is 16.7 Å². The zero-order valence-electron chi connectivity index (χ0n) is 19.1. The molecule has 0 aromatic rings. The lowest BCUT2D eigenvalue weighted by molar-refractivity contribution is -0.187. The van der Waals surface area contributed by atoms with Gasteiger partial charge in [-0.05, 0) is 83.1 Å². The van der Waals surface area contributed by atoms with Gasteiger partial charge >= 0.3 is 5.97 Å². The predicted octanol–water partition coefficient (Wildman–Crippen LogP) is 6.38. The molecule has 0 N–H and O–H groups in total. The highest BCUT2D eigenvalue weighted by Crippen LogP contribution is 2.66. The van der Waals surface area contributed by atoms with Gasteiger partial charge in [-0.15, -0.1) is 0 Å². The molecule has 2 fully saturated rings. The molecule has 3 nitrogen and oxygen atoms in total. The molecule has 4 atom stereocenters. The summed E-state index contributed by atoms with van der Waals surface area (Å²) in [5.74, 6) is 0.449. The predicted molar refractivity (Wildman–Crippen MR) is 114 cm³/mol. The average molecular weight is 389 g/mol. The van der Waals surface area contributed by atoms with Gasteiger partial charge in [0, 0.05) is 11.0 Å². The third-order valence-corrected chi connectivity index (χ3v) is 8.31. The van der Waals surface area contributed by atoms with Gasteiger partial charge in [-0.1, -0.05) is 39.3 Å². The van der Waals surface area contributed by atoms with Gasteiger partial charge in [0.1, 0.15) is 0 Å². The van der Waals surface area contributed by atoms with Gasteiger partial charge in [-0.2, -0.15) is 0 Å². The van der Waals surface area contributed by atoms with Crippen LogP contribution < -0.4 is 0 Å². The van der Waals surface area contributed by atoms with Crippen LogP contribution in [0.4, 0.5) is 0 Å². The van der Waals surface area contributed by atoms with Crippen LogP contribution in [0.15, 0.2) is 23.3 Å². The Morgan fingerprint density at radius 3 is 2.61 bits per heavy atom. The lowest BCUT2D eigenvalue weighted by Crippen LogP contribution is -2.59. The minimum Gasteiger partial charge on any atom is -0.463 e.